The molecule has 0 bridgehead atoms. The van der Waals surface area contributed by atoms with Crippen LogP contribution in [-0.4, -0.2) is 77.6 Å². The van der Waals surface area contributed by atoms with Gasteiger partial charge in [0.05, 0.1) is 37.1 Å². The van der Waals surface area contributed by atoms with Crippen molar-refractivity contribution in [3.8, 4) is 0 Å². The summed E-state index contributed by atoms with van der Waals surface area (Å²) in [6, 6.07) is 5.88. The number of amides is 1. The number of nitrogens with one attached hydrogen (secondary N) is 3. The van der Waals surface area contributed by atoms with Crippen LogP contribution in [-0.2, 0) is 9.53 Å². The van der Waals surface area contributed by atoms with Crippen LogP contribution in [0.1, 0.15) is 18.9 Å². The van der Waals surface area contributed by atoms with Crippen LogP contribution in [0.5, 0.6) is 0 Å². The van der Waals surface area contributed by atoms with Crippen molar-refractivity contribution in [3.63, 3.8) is 0 Å². The number of hydrogen-bond donors (Lipinski definition) is 3. The number of aromatic amines is 1. The molecule has 1 aromatic carbocycles. The largest absolute Gasteiger partial charge is 0.423 e. The third-order valence-electron chi connectivity index (χ3n) is 5.50. The molecule has 1 fully saturated rings. The molecule has 3 aromatic rings. The Bertz CT molecular complexity index is 1230. The Hall–Kier alpha value is -3.44. The molecule has 11 nitrogen and oxygen atoms in total. The van der Waals surface area contributed by atoms with Gasteiger partial charge in [0.2, 0.25) is 5.91 Å². The van der Waals surface area contributed by atoms with Gasteiger partial charge in [-0.05, 0) is 19.1 Å². The number of nitrogens with zero attached hydrogens (tertiary/aromatic N) is 4. The number of carbonyl (C=O) groups is 1. The lowest BCUT2D eigenvalue weighted by Gasteiger charge is -2.33. The summed E-state index contributed by atoms with van der Waals surface area (Å²) < 4.78 is 11.4. The molecule has 1 amide bonds. The number of fused-ring (bicyclic) bond motifs is 1. The third kappa shape index (κ3) is 5.54. The maximum Gasteiger partial charge on any atom is 0.298 e. The van der Waals surface area contributed by atoms with Gasteiger partial charge in [-0.25, -0.2) is 5.10 Å². The lowest BCUT2D eigenvalue weighted by molar-refractivity contribution is -0.132. The Morgan fingerprint density at radius 1 is 1.29 bits per heavy atom. The maximum atomic E-state index is 12.5. The normalized spacial score (nSPS) is 13.9. The minimum absolute atomic E-state index is 0.0393. The number of oxazole rings is 1. The monoisotopic (exact) mass is 487 g/mol. The number of piperazine rings is 1. The Labute approximate surface area is 200 Å². The number of anilines is 2. The summed E-state index contributed by atoms with van der Waals surface area (Å²) in [5.74, 6) is 0.0393. The number of hydrogen-bond acceptors (Lipinski definition) is 9. The molecular formula is C22H26ClN7O4. The van der Waals surface area contributed by atoms with Crippen molar-refractivity contribution in [1.82, 2.24) is 20.1 Å². The van der Waals surface area contributed by atoms with E-state index in [0.717, 1.165) is 5.52 Å². The smallest absolute Gasteiger partial charge is 0.298 e. The summed E-state index contributed by atoms with van der Waals surface area (Å²) in [7, 11) is 0. The summed E-state index contributed by atoms with van der Waals surface area (Å²) in [4.78, 5) is 32.7. The first kappa shape index (κ1) is 23.7. The summed E-state index contributed by atoms with van der Waals surface area (Å²) in [5.41, 5.74) is 1.88. The highest BCUT2D eigenvalue weighted by Gasteiger charge is 2.24. The molecule has 3 N–H and O–H groups in total. The second kappa shape index (κ2) is 10.7. The van der Waals surface area contributed by atoms with Crippen molar-refractivity contribution >= 4 is 46.0 Å². The summed E-state index contributed by atoms with van der Waals surface area (Å²) in [6.45, 7) is 5.06. The first-order valence-corrected chi connectivity index (χ1v) is 11.3. The zero-order valence-electron chi connectivity index (χ0n) is 18.8. The van der Waals surface area contributed by atoms with Gasteiger partial charge in [-0.2, -0.15) is 10.1 Å². The molecule has 0 radical (unpaired) electrons. The van der Waals surface area contributed by atoms with Gasteiger partial charge in [0, 0.05) is 49.5 Å². The van der Waals surface area contributed by atoms with Gasteiger partial charge in [0.15, 0.2) is 5.58 Å². The van der Waals surface area contributed by atoms with E-state index < -0.39 is 5.56 Å². The van der Waals surface area contributed by atoms with Crippen molar-refractivity contribution < 1.29 is 13.9 Å². The van der Waals surface area contributed by atoms with Gasteiger partial charge in [0.1, 0.15) is 5.52 Å². The van der Waals surface area contributed by atoms with Gasteiger partial charge in [-0.3, -0.25) is 9.59 Å². The summed E-state index contributed by atoms with van der Waals surface area (Å²) >= 11 is 6.01. The van der Waals surface area contributed by atoms with E-state index in [2.05, 4.69) is 20.5 Å². The molecule has 180 valence electrons. The Kier molecular flexibility index (Phi) is 7.43. The lowest BCUT2D eigenvalue weighted by atomic mass is 10.2. The zero-order chi connectivity index (χ0) is 24.1. The zero-order valence-corrected chi connectivity index (χ0v) is 19.5. The highest BCUT2D eigenvalue weighted by atomic mass is 35.5. The fourth-order valence-electron chi connectivity index (χ4n) is 3.75. The first-order chi connectivity index (χ1) is 16.4. The van der Waals surface area contributed by atoms with Crippen LogP contribution in [0.3, 0.4) is 0 Å². The molecule has 2 aromatic heterocycles. The lowest BCUT2D eigenvalue weighted by Crippen LogP contribution is -2.49. The molecule has 0 aliphatic carbocycles. The number of carbonyl (C=O) groups excluding carboxylic acids is 1. The van der Waals surface area contributed by atoms with Crippen LogP contribution in [0.15, 0.2) is 33.6 Å². The highest BCUT2D eigenvalue weighted by molar-refractivity contribution is 6.31. The second-order valence-corrected chi connectivity index (χ2v) is 8.31. The first-order valence-electron chi connectivity index (χ1n) is 11.0. The molecular weight excluding hydrogens is 462 g/mol. The van der Waals surface area contributed by atoms with Crippen molar-refractivity contribution in [2.75, 3.05) is 56.2 Å². The van der Waals surface area contributed by atoms with E-state index in [1.54, 1.807) is 19.1 Å². The Morgan fingerprint density at radius 3 is 2.85 bits per heavy atom. The number of rotatable bonds is 9. The summed E-state index contributed by atoms with van der Waals surface area (Å²) in [5, 5.41) is 17.4. The molecule has 1 saturated heterocycles. The van der Waals surface area contributed by atoms with Crippen molar-refractivity contribution in [3.05, 3.63) is 45.3 Å². The van der Waals surface area contributed by atoms with Crippen LogP contribution < -0.4 is 15.8 Å². The van der Waals surface area contributed by atoms with Crippen LogP contribution in [0.4, 0.5) is 11.7 Å². The fourth-order valence-corrected chi connectivity index (χ4v) is 3.91. The topological polar surface area (TPSA) is 140 Å². The quantitative estimate of drug-likeness (QED) is 0.308. The second-order valence-electron chi connectivity index (χ2n) is 7.88. The average molecular weight is 488 g/mol. The van der Waals surface area contributed by atoms with E-state index in [0.29, 0.717) is 74.7 Å². The minimum Gasteiger partial charge on any atom is -0.423 e. The number of benzene rings is 1. The average Bonchev–Trinajstić information content (AvgIpc) is 3.24. The van der Waals surface area contributed by atoms with Gasteiger partial charge < -0.3 is 29.7 Å². The predicted octanol–water partition coefficient (Wildman–Crippen LogP) is 2.12. The molecule has 12 heteroatoms. The fraction of sp³-hybridized carbons (Fsp3) is 0.409. The Morgan fingerprint density at radius 2 is 2.09 bits per heavy atom. The van der Waals surface area contributed by atoms with E-state index in [1.165, 1.54) is 6.20 Å². The molecule has 0 unspecified atom stereocenters. The van der Waals surface area contributed by atoms with E-state index in [9.17, 15) is 9.59 Å². The van der Waals surface area contributed by atoms with Crippen LogP contribution in [0.25, 0.3) is 11.1 Å². The van der Waals surface area contributed by atoms with E-state index in [1.807, 2.05) is 15.9 Å². The molecule has 3 heterocycles. The SMILES string of the molecule is CC(=N)c1c(NCCOCCC(=O)N2CCN(c3nc4ccc(Cl)cc4o3)CC2)cn[nH]c1=O. The summed E-state index contributed by atoms with van der Waals surface area (Å²) in [6.07, 6.45) is 1.76. The predicted molar refractivity (Wildman–Crippen MR) is 129 cm³/mol. The number of halogens is 1. The number of ether oxygens (including phenoxy) is 1. The maximum absolute atomic E-state index is 12.5. The molecule has 0 spiro atoms. The molecule has 34 heavy (non-hydrogen) atoms. The standard InChI is InChI=1S/C22H26ClN7O4/c1-14(24)20-17(13-26-28-21(20)32)25-5-11-33-10-4-19(31)29-6-8-30(9-7-29)22-27-16-3-2-15(23)12-18(16)34-22/h2-3,12-13,24H,4-11H2,1H3,(H2,25,28,32). The molecule has 1 aliphatic rings. The van der Waals surface area contributed by atoms with Crippen LogP contribution in [0, 0.1) is 5.41 Å². The van der Waals surface area contributed by atoms with E-state index in [4.69, 9.17) is 26.2 Å². The van der Waals surface area contributed by atoms with E-state index in [-0.39, 0.29) is 17.2 Å². The Balaban J connectivity index is 1.16. The van der Waals surface area contributed by atoms with Crippen LogP contribution >= 0.6 is 11.6 Å². The van der Waals surface area contributed by atoms with Gasteiger partial charge in [-0.15, -0.1) is 0 Å². The van der Waals surface area contributed by atoms with Gasteiger partial charge in [-0.1, -0.05) is 11.6 Å². The molecule has 0 atom stereocenters. The van der Waals surface area contributed by atoms with E-state index >= 15 is 0 Å². The van der Waals surface area contributed by atoms with Gasteiger partial charge in [0.25, 0.3) is 11.6 Å². The number of H-pyrrole nitrogens is 1. The third-order valence-corrected chi connectivity index (χ3v) is 5.73. The minimum atomic E-state index is -0.412. The molecule has 1 aliphatic heterocycles. The van der Waals surface area contributed by atoms with Crippen molar-refractivity contribution in [2.24, 2.45) is 0 Å². The molecule has 4 rings (SSSR count). The number of aromatic nitrogens is 3. The van der Waals surface area contributed by atoms with Crippen molar-refractivity contribution in [2.45, 2.75) is 13.3 Å². The van der Waals surface area contributed by atoms with Crippen LogP contribution in [0.2, 0.25) is 5.02 Å². The van der Waals surface area contributed by atoms with Crippen molar-refractivity contribution in [1.29, 1.82) is 5.41 Å². The van der Waals surface area contributed by atoms with Gasteiger partial charge >= 0.3 is 0 Å². The molecule has 0 saturated carbocycles. The highest BCUT2D eigenvalue weighted by Crippen LogP contribution is 2.25.